The summed E-state index contributed by atoms with van der Waals surface area (Å²) in [4.78, 5) is 3.25. The highest BCUT2D eigenvalue weighted by Crippen LogP contribution is 2.25. The van der Waals surface area contributed by atoms with Crippen LogP contribution in [0.15, 0.2) is 24.3 Å². The summed E-state index contributed by atoms with van der Waals surface area (Å²) in [5.74, 6) is 1.28. The molecule has 0 spiro atoms. The van der Waals surface area contributed by atoms with E-state index < -0.39 is 0 Å². The maximum absolute atomic E-state index is 7.07. The summed E-state index contributed by atoms with van der Waals surface area (Å²) in [5.41, 5.74) is 2.99. The Balaban J connectivity index is 0.000000583. The molecule has 0 aliphatic carbocycles. The highest BCUT2D eigenvalue weighted by atomic mass is 17.1. The molecule has 0 bridgehead atoms. The Morgan fingerprint density at radius 1 is 0.933 bits per heavy atom. The first-order chi connectivity index (χ1) is 7.04. The van der Waals surface area contributed by atoms with Crippen LogP contribution in [-0.2, 0) is 4.89 Å². The maximum atomic E-state index is 7.07. The molecule has 1 aromatic rings. The van der Waals surface area contributed by atoms with Gasteiger partial charge in [0.25, 0.3) is 0 Å². The van der Waals surface area contributed by atoms with Crippen LogP contribution in [0.25, 0.3) is 0 Å². The van der Waals surface area contributed by atoms with Crippen molar-refractivity contribution < 1.29 is 10.1 Å². The normalized spacial score (nSPS) is 10.1. The molecule has 2 heteroatoms. The molecule has 0 radical (unpaired) electrons. The van der Waals surface area contributed by atoms with Gasteiger partial charge in [-0.05, 0) is 23.0 Å². The molecule has 0 heterocycles. The molecule has 2 nitrogen and oxygen atoms in total. The fourth-order valence-corrected chi connectivity index (χ4v) is 1.56. The molecular formula is C13H22O2. The third-order valence-electron chi connectivity index (χ3n) is 2.24. The van der Waals surface area contributed by atoms with Crippen molar-refractivity contribution in [3.05, 3.63) is 35.4 Å². The van der Waals surface area contributed by atoms with E-state index in [9.17, 15) is 0 Å². The fourth-order valence-electron chi connectivity index (χ4n) is 1.56. The Hall–Kier alpha value is -0.860. The van der Waals surface area contributed by atoms with Crippen LogP contribution in [0, 0.1) is 0 Å². The van der Waals surface area contributed by atoms with Gasteiger partial charge in [-0.15, -0.1) is 0 Å². The van der Waals surface area contributed by atoms with Gasteiger partial charge in [-0.3, -0.25) is 5.26 Å². The molecule has 86 valence electrons. The topological polar surface area (TPSA) is 29.5 Å². The van der Waals surface area contributed by atoms with E-state index in [1.807, 2.05) is 0 Å². The van der Waals surface area contributed by atoms with Gasteiger partial charge in [0.05, 0.1) is 7.11 Å². The van der Waals surface area contributed by atoms with Crippen molar-refractivity contribution in [2.24, 2.45) is 0 Å². The highest BCUT2D eigenvalue weighted by Gasteiger charge is 2.07. The summed E-state index contributed by atoms with van der Waals surface area (Å²) in [6.45, 7) is 9.00. The van der Waals surface area contributed by atoms with E-state index in [1.165, 1.54) is 18.2 Å². The molecule has 15 heavy (non-hydrogen) atoms. The molecule has 1 N–H and O–H groups in total. The monoisotopic (exact) mass is 210 g/mol. The summed E-state index contributed by atoms with van der Waals surface area (Å²) < 4.78 is 0. The van der Waals surface area contributed by atoms with Gasteiger partial charge in [-0.1, -0.05) is 52.0 Å². The Bertz CT molecular complexity index is 240. The zero-order chi connectivity index (χ0) is 11.8. The first-order valence-corrected chi connectivity index (χ1v) is 5.30. The van der Waals surface area contributed by atoms with Gasteiger partial charge in [0, 0.05) is 0 Å². The molecule has 0 aliphatic heterocycles. The molecule has 1 rings (SSSR count). The van der Waals surface area contributed by atoms with E-state index >= 15 is 0 Å². The van der Waals surface area contributed by atoms with Crippen LogP contribution >= 0.6 is 0 Å². The van der Waals surface area contributed by atoms with Crippen LogP contribution in [0.1, 0.15) is 50.7 Å². The highest BCUT2D eigenvalue weighted by molar-refractivity contribution is 5.31. The van der Waals surface area contributed by atoms with E-state index in [0.717, 1.165) is 0 Å². The van der Waals surface area contributed by atoms with E-state index in [0.29, 0.717) is 11.8 Å². The lowest BCUT2D eigenvalue weighted by molar-refractivity contribution is -0.214. The summed E-state index contributed by atoms with van der Waals surface area (Å²) >= 11 is 0. The molecule has 0 atom stereocenters. The van der Waals surface area contributed by atoms with Crippen molar-refractivity contribution in [1.29, 1.82) is 0 Å². The number of rotatable bonds is 2. The largest absolute Gasteiger partial charge is 0.252 e. The first kappa shape index (κ1) is 14.1. The minimum atomic E-state index is 0.642. The second-order valence-electron chi connectivity index (χ2n) is 4.12. The standard InChI is InChI=1S/C12H18.CH4O2/c1-9(2)11-7-5-6-8-12(11)10(3)4;1-3-2/h5-10H,1-4H3;2H,1H3. The molecule has 1 aromatic carbocycles. The molecule has 0 aliphatic rings. The lowest BCUT2D eigenvalue weighted by atomic mass is 9.91. The maximum Gasteiger partial charge on any atom is 0.0710 e. The number of hydrogen-bond donors (Lipinski definition) is 1. The third-order valence-corrected chi connectivity index (χ3v) is 2.24. The summed E-state index contributed by atoms with van der Waals surface area (Å²) in [6, 6.07) is 8.72. The smallest absolute Gasteiger partial charge is 0.0710 e. The lowest BCUT2D eigenvalue weighted by Crippen LogP contribution is -1.97. The SMILES string of the molecule is CC(C)c1ccccc1C(C)C.COO. The zero-order valence-corrected chi connectivity index (χ0v) is 10.3. The number of benzene rings is 1. The second kappa shape index (κ2) is 7.43. The molecule has 0 aromatic heterocycles. The molecule has 0 unspecified atom stereocenters. The van der Waals surface area contributed by atoms with Gasteiger partial charge in [0.2, 0.25) is 0 Å². The van der Waals surface area contributed by atoms with E-state index in [1.54, 1.807) is 0 Å². The van der Waals surface area contributed by atoms with Crippen molar-refractivity contribution in [1.82, 2.24) is 0 Å². The van der Waals surface area contributed by atoms with Crippen molar-refractivity contribution in [3.8, 4) is 0 Å². The van der Waals surface area contributed by atoms with Crippen LogP contribution in [0.3, 0.4) is 0 Å². The Kier molecular flexibility index (Phi) is 7.01. The Labute approximate surface area is 92.8 Å². The van der Waals surface area contributed by atoms with Gasteiger partial charge in [-0.25, -0.2) is 4.89 Å². The second-order valence-corrected chi connectivity index (χ2v) is 4.12. The minimum Gasteiger partial charge on any atom is -0.252 e. The van der Waals surface area contributed by atoms with Crippen LogP contribution in [0.5, 0.6) is 0 Å². The van der Waals surface area contributed by atoms with Gasteiger partial charge in [0.1, 0.15) is 0 Å². The van der Waals surface area contributed by atoms with Crippen LogP contribution in [-0.4, -0.2) is 12.4 Å². The summed E-state index contributed by atoms with van der Waals surface area (Å²) in [6.07, 6.45) is 0. The van der Waals surface area contributed by atoms with Crippen molar-refractivity contribution in [2.45, 2.75) is 39.5 Å². The van der Waals surface area contributed by atoms with Gasteiger partial charge in [-0.2, -0.15) is 0 Å². The predicted molar refractivity (Wildman–Crippen MR) is 64.3 cm³/mol. The van der Waals surface area contributed by atoms with Crippen LogP contribution in [0.2, 0.25) is 0 Å². The first-order valence-electron chi connectivity index (χ1n) is 5.30. The molecule has 0 saturated carbocycles. The zero-order valence-electron chi connectivity index (χ0n) is 10.3. The molecule has 0 saturated heterocycles. The molecule has 0 fully saturated rings. The van der Waals surface area contributed by atoms with Crippen LogP contribution < -0.4 is 0 Å². The van der Waals surface area contributed by atoms with Gasteiger partial charge in [0.15, 0.2) is 0 Å². The van der Waals surface area contributed by atoms with Crippen molar-refractivity contribution in [2.75, 3.05) is 7.11 Å². The molecule has 0 amide bonds. The van der Waals surface area contributed by atoms with Crippen molar-refractivity contribution >= 4 is 0 Å². The van der Waals surface area contributed by atoms with E-state index in [-0.39, 0.29) is 0 Å². The average Bonchev–Trinajstić information content (AvgIpc) is 2.19. The van der Waals surface area contributed by atoms with Gasteiger partial charge >= 0.3 is 0 Å². The van der Waals surface area contributed by atoms with Crippen LogP contribution in [0.4, 0.5) is 0 Å². The quantitative estimate of drug-likeness (QED) is 0.589. The van der Waals surface area contributed by atoms with Gasteiger partial charge < -0.3 is 0 Å². The van der Waals surface area contributed by atoms with E-state index in [2.05, 4.69) is 56.8 Å². The van der Waals surface area contributed by atoms with Crippen molar-refractivity contribution in [3.63, 3.8) is 0 Å². The fraction of sp³-hybridized carbons (Fsp3) is 0.538. The lowest BCUT2D eigenvalue weighted by Gasteiger charge is -2.14. The summed E-state index contributed by atoms with van der Waals surface area (Å²) in [7, 11) is 1.18. The minimum absolute atomic E-state index is 0.642. The summed E-state index contributed by atoms with van der Waals surface area (Å²) in [5, 5.41) is 7.07. The average molecular weight is 210 g/mol. The number of hydrogen-bond acceptors (Lipinski definition) is 2. The Morgan fingerprint density at radius 3 is 1.40 bits per heavy atom. The Morgan fingerprint density at radius 2 is 1.20 bits per heavy atom. The third kappa shape index (κ3) is 4.96. The van der Waals surface area contributed by atoms with E-state index in [4.69, 9.17) is 5.26 Å². The molecular weight excluding hydrogens is 188 g/mol. The predicted octanol–water partition coefficient (Wildman–Crippen LogP) is 4.04.